The predicted molar refractivity (Wildman–Crippen MR) is 101 cm³/mol. The molecule has 2 aromatic rings. The van der Waals surface area contributed by atoms with Crippen molar-refractivity contribution >= 4 is 22.8 Å². The molecule has 0 radical (unpaired) electrons. The third kappa shape index (κ3) is 4.68. The summed E-state index contributed by atoms with van der Waals surface area (Å²) in [5.74, 6) is -1.75. The third-order valence-electron chi connectivity index (χ3n) is 4.67. The fourth-order valence-electron chi connectivity index (χ4n) is 3.20. The maximum absolute atomic E-state index is 12.0. The molecule has 0 aliphatic carbocycles. The molecule has 168 valence electrons. The van der Waals surface area contributed by atoms with Crippen LogP contribution in [0.2, 0.25) is 0 Å². The first kappa shape index (κ1) is 22.7. The van der Waals surface area contributed by atoms with Gasteiger partial charge in [0.25, 0.3) is 5.91 Å². The Morgan fingerprint density at radius 1 is 1.16 bits per heavy atom. The van der Waals surface area contributed by atoms with E-state index in [1.165, 1.54) is 18.2 Å². The number of aliphatic hydroxyl groups excluding tert-OH is 4. The van der Waals surface area contributed by atoms with E-state index in [1.54, 1.807) is 0 Å². The minimum atomic E-state index is -1.64. The van der Waals surface area contributed by atoms with Crippen LogP contribution < -0.4 is 16.1 Å². The number of rotatable bonds is 6. The fourth-order valence-corrected chi connectivity index (χ4v) is 3.20. The Labute approximate surface area is 174 Å². The largest absolute Gasteiger partial charge is 0.462 e. The van der Waals surface area contributed by atoms with Crippen LogP contribution in [0.15, 0.2) is 33.5 Å². The highest BCUT2D eigenvalue weighted by Gasteiger charge is 2.44. The van der Waals surface area contributed by atoms with E-state index in [0.717, 1.165) is 13.0 Å². The molecule has 12 nitrogen and oxygen atoms in total. The molecule has 3 rings (SSSR count). The van der Waals surface area contributed by atoms with E-state index in [1.807, 2.05) is 0 Å². The van der Waals surface area contributed by atoms with Crippen molar-refractivity contribution in [3.8, 4) is 5.75 Å². The third-order valence-corrected chi connectivity index (χ3v) is 4.67. The van der Waals surface area contributed by atoms with Gasteiger partial charge in [0.05, 0.1) is 6.61 Å². The molecule has 0 saturated carbocycles. The molecule has 1 saturated heterocycles. The number of hydrogen-bond acceptors (Lipinski definition) is 11. The molecule has 0 bridgehead atoms. The lowest BCUT2D eigenvalue weighted by molar-refractivity contribution is -0.277. The summed E-state index contributed by atoms with van der Waals surface area (Å²) in [7, 11) is 0. The average molecular weight is 439 g/mol. The van der Waals surface area contributed by atoms with Crippen LogP contribution in [0.3, 0.4) is 0 Å². The topological polar surface area (TPSA) is 199 Å². The van der Waals surface area contributed by atoms with Crippen LogP contribution in [0.1, 0.15) is 18.6 Å². The molecule has 12 heteroatoms. The number of carbonyl (C=O) groups excluding carboxylic acids is 2. The van der Waals surface area contributed by atoms with Gasteiger partial charge >= 0.3 is 11.6 Å². The van der Waals surface area contributed by atoms with E-state index < -0.39 is 60.9 Å². The van der Waals surface area contributed by atoms with Crippen molar-refractivity contribution in [2.45, 2.75) is 43.7 Å². The molecule has 1 aromatic heterocycles. The summed E-state index contributed by atoms with van der Waals surface area (Å²) in [6, 6.07) is 4.98. The van der Waals surface area contributed by atoms with Gasteiger partial charge in [-0.15, -0.1) is 0 Å². The van der Waals surface area contributed by atoms with E-state index in [9.17, 15) is 34.8 Å². The van der Waals surface area contributed by atoms with Crippen molar-refractivity contribution in [1.29, 1.82) is 0 Å². The summed E-state index contributed by atoms with van der Waals surface area (Å²) < 4.78 is 20.8. The molecular formula is C19H21NO11. The lowest BCUT2D eigenvalue weighted by atomic mass is 9.99. The first-order valence-corrected chi connectivity index (χ1v) is 9.14. The molecule has 1 aliphatic heterocycles. The zero-order valence-electron chi connectivity index (χ0n) is 16.2. The minimum absolute atomic E-state index is 0.00772. The maximum atomic E-state index is 12.0. The number of benzene rings is 1. The normalized spacial score (nSPS) is 26.9. The van der Waals surface area contributed by atoms with Gasteiger partial charge in [-0.3, -0.25) is 9.59 Å². The van der Waals surface area contributed by atoms with Gasteiger partial charge in [0.2, 0.25) is 12.4 Å². The smallest absolute Gasteiger partial charge is 0.336 e. The van der Waals surface area contributed by atoms with Gasteiger partial charge in [-0.2, -0.15) is 0 Å². The number of nitrogens with two attached hydrogens (primary N) is 1. The van der Waals surface area contributed by atoms with Crippen LogP contribution in [0, 0.1) is 0 Å². The highest BCUT2D eigenvalue weighted by molar-refractivity contribution is 5.90. The van der Waals surface area contributed by atoms with Crippen molar-refractivity contribution in [2.75, 3.05) is 6.61 Å². The molecule has 1 aromatic carbocycles. The predicted octanol–water partition coefficient (Wildman–Crippen LogP) is -1.94. The maximum Gasteiger partial charge on any atom is 0.336 e. The van der Waals surface area contributed by atoms with Crippen molar-refractivity contribution in [1.82, 2.24) is 0 Å². The van der Waals surface area contributed by atoms with Crippen LogP contribution in [-0.2, 0) is 19.1 Å². The molecule has 1 fully saturated rings. The number of ether oxygens (including phenoxy) is 3. The highest BCUT2D eigenvalue weighted by Crippen LogP contribution is 2.30. The molecular weight excluding hydrogens is 418 g/mol. The second kappa shape index (κ2) is 8.99. The lowest BCUT2D eigenvalue weighted by Gasteiger charge is -2.39. The first-order valence-electron chi connectivity index (χ1n) is 9.14. The Kier molecular flexibility index (Phi) is 6.57. The van der Waals surface area contributed by atoms with Gasteiger partial charge in [-0.1, -0.05) is 0 Å². The van der Waals surface area contributed by atoms with E-state index in [2.05, 4.69) is 0 Å². The minimum Gasteiger partial charge on any atom is -0.462 e. The fraction of sp³-hybridized carbons (Fsp3) is 0.421. The summed E-state index contributed by atoms with van der Waals surface area (Å²) in [6.45, 7) is 0.446. The number of fused-ring (bicyclic) bond motifs is 1. The summed E-state index contributed by atoms with van der Waals surface area (Å²) in [6.07, 6.45) is -8.99. The number of primary amides is 1. The molecule has 6 atom stereocenters. The van der Waals surface area contributed by atoms with Crippen molar-refractivity contribution in [3.05, 3.63) is 40.2 Å². The van der Waals surface area contributed by atoms with Crippen molar-refractivity contribution < 1.29 is 48.6 Å². The number of amides is 1. The summed E-state index contributed by atoms with van der Waals surface area (Å²) in [5.41, 5.74) is 4.39. The van der Waals surface area contributed by atoms with Gasteiger partial charge < -0.3 is 44.8 Å². The molecule has 6 N–H and O–H groups in total. The van der Waals surface area contributed by atoms with Crippen molar-refractivity contribution in [3.63, 3.8) is 0 Å². The monoisotopic (exact) mass is 439 g/mol. The summed E-state index contributed by atoms with van der Waals surface area (Å²) >= 11 is 0. The standard InChI is InChI=1S/C19H21NO11/c1-7(22)28-17(18(20)27)10-5-13(23)30-11-4-8(2-3-9(10)11)29-19-16(26)15(25)14(24)12(6-21)31-19/h2-5,12,14-17,19,21,24-26H,6H2,1H3,(H2,20,27)/t12-,14+,15+,16-,17?,19-/m1/s1. The van der Waals surface area contributed by atoms with Crippen LogP contribution in [0.5, 0.6) is 5.75 Å². The Hall–Kier alpha value is -3.03. The number of carbonyl (C=O) groups is 2. The van der Waals surface area contributed by atoms with E-state index in [4.69, 9.17) is 24.4 Å². The molecule has 31 heavy (non-hydrogen) atoms. The van der Waals surface area contributed by atoms with Crippen LogP contribution >= 0.6 is 0 Å². The molecule has 1 amide bonds. The Balaban J connectivity index is 1.96. The zero-order chi connectivity index (χ0) is 22.9. The van der Waals surface area contributed by atoms with Gasteiger partial charge in [0.1, 0.15) is 35.7 Å². The van der Waals surface area contributed by atoms with Crippen molar-refractivity contribution in [2.24, 2.45) is 5.73 Å². The van der Waals surface area contributed by atoms with E-state index >= 15 is 0 Å². The number of esters is 1. The average Bonchev–Trinajstić information content (AvgIpc) is 2.71. The summed E-state index contributed by atoms with van der Waals surface area (Å²) in [4.78, 5) is 35.0. The molecule has 1 aliphatic rings. The quantitative estimate of drug-likeness (QED) is 0.248. The Morgan fingerprint density at radius 3 is 2.48 bits per heavy atom. The first-order chi connectivity index (χ1) is 14.6. The lowest BCUT2D eigenvalue weighted by Crippen LogP contribution is -2.60. The second-order valence-corrected chi connectivity index (χ2v) is 6.89. The van der Waals surface area contributed by atoms with E-state index in [0.29, 0.717) is 0 Å². The molecule has 1 unspecified atom stereocenters. The highest BCUT2D eigenvalue weighted by atomic mass is 16.7. The van der Waals surface area contributed by atoms with Crippen LogP contribution in [0.25, 0.3) is 11.0 Å². The number of hydrogen-bond donors (Lipinski definition) is 5. The van der Waals surface area contributed by atoms with E-state index in [-0.39, 0.29) is 22.3 Å². The van der Waals surface area contributed by atoms with Crippen LogP contribution in [0.4, 0.5) is 0 Å². The van der Waals surface area contributed by atoms with Gasteiger partial charge in [-0.25, -0.2) is 4.79 Å². The van der Waals surface area contributed by atoms with Gasteiger partial charge in [0, 0.05) is 30.0 Å². The molecule has 0 spiro atoms. The second-order valence-electron chi connectivity index (χ2n) is 6.89. The molecule has 2 heterocycles. The zero-order valence-corrected chi connectivity index (χ0v) is 16.2. The summed E-state index contributed by atoms with van der Waals surface area (Å²) in [5, 5.41) is 39.3. The SMILES string of the molecule is CC(=O)OC(C(N)=O)c1cc(=O)oc2cc(O[C@@H]3O[C@H](CO)[C@H](O)[C@H](O)[C@H]3O)ccc12. The van der Waals surface area contributed by atoms with Gasteiger partial charge in [-0.05, 0) is 12.1 Å². The number of aliphatic hydroxyl groups is 4. The Bertz CT molecular complexity index is 1030. The van der Waals surface area contributed by atoms with Gasteiger partial charge in [0.15, 0.2) is 0 Å². The Morgan fingerprint density at radius 2 is 1.87 bits per heavy atom. The van der Waals surface area contributed by atoms with Crippen LogP contribution in [-0.4, -0.2) is 69.6 Å².